The van der Waals surface area contributed by atoms with Crippen LogP contribution in [0.2, 0.25) is 0 Å². The number of carboxylic acids is 1. The zero-order valence-electron chi connectivity index (χ0n) is 13.2. The number of aryl methyl sites for hydroxylation is 1. The summed E-state index contributed by atoms with van der Waals surface area (Å²) in [6.45, 7) is 11.3. The van der Waals surface area contributed by atoms with E-state index in [0.717, 1.165) is 25.1 Å². The van der Waals surface area contributed by atoms with Crippen LogP contribution in [0.25, 0.3) is 0 Å². The van der Waals surface area contributed by atoms with Crippen LogP contribution in [0.15, 0.2) is 12.1 Å². The summed E-state index contributed by atoms with van der Waals surface area (Å²) in [5.74, 6) is 0.159. The van der Waals surface area contributed by atoms with Crippen molar-refractivity contribution in [3.05, 3.63) is 23.4 Å². The van der Waals surface area contributed by atoms with E-state index in [1.807, 2.05) is 6.92 Å². The Bertz CT molecular complexity index is 454. The van der Waals surface area contributed by atoms with Gasteiger partial charge in [0.2, 0.25) is 0 Å². The van der Waals surface area contributed by atoms with E-state index in [0.29, 0.717) is 23.3 Å². The molecule has 0 amide bonds. The van der Waals surface area contributed by atoms with Gasteiger partial charge in [0.15, 0.2) is 0 Å². The van der Waals surface area contributed by atoms with Crippen LogP contribution in [0.5, 0.6) is 0 Å². The summed E-state index contributed by atoms with van der Waals surface area (Å²) in [7, 11) is 0. The Labute approximate surface area is 121 Å². The molecular weight excluding hydrogens is 252 g/mol. The topological polar surface area (TPSA) is 53.4 Å². The molecule has 1 N–H and O–H groups in total. The van der Waals surface area contributed by atoms with E-state index in [1.165, 1.54) is 0 Å². The van der Waals surface area contributed by atoms with Crippen molar-refractivity contribution < 1.29 is 9.90 Å². The Hall–Kier alpha value is -1.58. The molecule has 1 aromatic heterocycles. The van der Waals surface area contributed by atoms with E-state index >= 15 is 0 Å². The van der Waals surface area contributed by atoms with Crippen molar-refractivity contribution >= 4 is 11.8 Å². The molecule has 0 bridgehead atoms. The summed E-state index contributed by atoms with van der Waals surface area (Å²) in [6.07, 6.45) is 1.97. The molecule has 0 spiro atoms. The Morgan fingerprint density at radius 2 is 1.90 bits per heavy atom. The van der Waals surface area contributed by atoms with Gasteiger partial charge in [0.25, 0.3) is 0 Å². The average Bonchev–Trinajstić information content (AvgIpc) is 2.38. The highest BCUT2D eigenvalue weighted by atomic mass is 16.4. The van der Waals surface area contributed by atoms with Crippen LogP contribution in [-0.2, 0) is 0 Å². The maximum atomic E-state index is 11.5. The van der Waals surface area contributed by atoms with Crippen LogP contribution >= 0.6 is 0 Å². The molecule has 0 radical (unpaired) electrons. The number of pyridine rings is 1. The predicted octanol–water partition coefficient (Wildman–Crippen LogP) is 3.74. The van der Waals surface area contributed by atoms with Crippen molar-refractivity contribution in [2.24, 2.45) is 5.92 Å². The summed E-state index contributed by atoms with van der Waals surface area (Å²) >= 11 is 0. The summed E-state index contributed by atoms with van der Waals surface area (Å²) in [6, 6.07) is 3.74. The SMILES string of the molecule is CCC(CC)N(CC(C)C)c1nc(C)ccc1C(=O)O. The van der Waals surface area contributed by atoms with Crippen LogP contribution in [-0.4, -0.2) is 28.6 Å². The second-order valence-electron chi connectivity index (χ2n) is 5.65. The summed E-state index contributed by atoms with van der Waals surface area (Å²) in [5.41, 5.74) is 1.15. The standard InChI is InChI=1S/C16H26N2O2/c1-6-13(7-2)18(10-11(3)4)15-14(16(19)20)9-8-12(5)17-15/h8-9,11,13H,6-7,10H2,1-5H3,(H,19,20). The first-order chi connectivity index (χ1) is 9.40. The Morgan fingerprint density at radius 3 is 2.35 bits per heavy atom. The molecule has 4 heteroatoms. The van der Waals surface area contributed by atoms with Crippen LogP contribution in [0.3, 0.4) is 0 Å². The van der Waals surface area contributed by atoms with Gasteiger partial charge in [-0.3, -0.25) is 0 Å². The molecule has 1 rings (SSSR count). The molecule has 0 saturated carbocycles. The molecule has 0 fully saturated rings. The highest BCUT2D eigenvalue weighted by molar-refractivity contribution is 5.93. The molecule has 0 saturated heterocycles. The first-order valence-corrected chi connectivity index (χ1v) is 7.38. The third-order valence-electron chi connectivity index (χ3n) is 3.46. The van der Waals surface area contributed by atoms with Crippen molar-refractivity contribution in [1.29, 1.82) is 0 Å². The van der Waals surface area contributed by atoms with Gasteiger partial charge < -0.3 is 10.0 Å². The van der Waals surface area contributed by atoms with Gasteiger partial charge in [-0.05, 0) is 37.8 Å². The second kappa shape index (κ2) is 7.27. The zero-order valence-corrected chi connectivity index (χ0v) is 13.2. The molecule has 4 nitrogen and oxygen atoms in total. The smallest absolute Gasteiger partial charge is 0.339 e. The average molecular weight is 278 g/mol. The largest absolute Gasteiger partial charge is 0.478 e. The van der Waals surface area contributed by atoms with E-state index in [9.17, 15) is 9.90 Å². The summed E-state index contributed by atoms with van der Waals surface area (Å²) in [4.78, 5) is 18.1. The normalized spacial score (nSPS) is 11.2. The quantitative estimate of drug-likeness (QED) is 0.825. The molecule has 0 aliphatic carbocycles. The summed E-state index contributed by atoms with van der Waals surface area (Å²) < 4.78 is 0. The Morgan fingerprint density at radius 1 is 1.30 bits per heavy atom. The minimum Gasteiger partial charge on any atom is -0.478 e. The lowest BCUT2D eigenvalue weighted by atomic mass is 10.1. The van der Waals surface area contributed by atoms with Gasteiger partial charge in [0, 0.05) is 18.3 Å². The van der Waals surface area contributed by atoms with Crippen molar-refractivity contribution in [2.45, 2.75) is 53.5 Å². The Balaban J connectivity index is 3.31. The van der Waals surface area contributed by atoms with Crippen molar-refractivity contribution in [1.82, 2.24) is 4.98 Å². The third-order valence-corrected chi connectivity index (χ3v) is 3.46. The number of anilines is 1. The fourth-order valence-electron chi connectivity index (χ4n) is 2.46. The number of aromatic carboxylic acids is 1. The van der Waals surface area contributed by atoms with Crippen LogP contribution < -0.4 is 4.90 Å². The van der Waals surface area contributed by atoms with E-state index in [4.69, 9.17) is 0 Å². The van der Waals surface area contributed by atoms with E-state index in [1.54, 1.807) is 12.1 Å². The van der Waals surface area contributed by atoms with Crippen molar-refractivity contribution in [3.8, 4) is 0 Å². The minimum absolute atomic E-state index is 0.295. The number of aromatic nitrogens is 1. The lowest BCUT2D eigenvalue weighted by Crippen LogP contribution is -2.39. The zero-order chi connectivity index (χ0) is 15.3. The Kier molecular flexibility index (Phi) is 5.99. The molecule has 0 aromatic carbocycles. The fraction of sp³-hybridized carbons (Fsp3) is 0.625. The first kappa shape index (κ1) is 16.5. The van der Waals surface area contributed by atoms with Gasteiger partial charge in [0.05, 0.1) is 0 Å². The molecule has 0 unspecified atom stereocenters. The van der Waals surface area contributed by atoms with Crippen molar-refractivity contribution in [2.75, 3.05) is 11.4 Å². The van der Waals surface area contributed by atoms with Crippen LogP contribution in [0.1, 0.15) is 56.6 Å². The van der Waals surface area contributed by atoms with E-state index in [-0.39, 0.29) is 0 Å². The lowest BCUT2D eigenvalue weighted by molar-refractivity contribution is 0.0697. The predicted molar refractivity (Wildman–Crippen MR) is 82.5 cm³/mol. The molecule has 0 aliphatic heterocycles. The number of carbonyl (C=O) groups is 1. The number of hydrogen-bond acceptors (Lipinski definition) is 3. The van der Waals surface area contributed by atoms with E-state index < -0.39 is 5.97 Å². The highest BCUT2D eigenvalue weighted by Gasteiger charge is 2.23. The van der Waals surface area contributed by atoms with Gasteiger partial charge in [-0.1, -0.05) is 27.7 Å². The maximum Gasteiger partial charge on any atom is 0.339 e. The molecule has 0 atom stereocenters. The molecular formula is C16H26N2O2. The summed E-state index contributed by atoms with van der Waals surface area (Å²) in [5, 5.41) is 9.40. The van der Waals surface area contributed by atoms with Gasteiger partial charge in [0.1, 0.15) is 11.4 Å². The van der Waals surface area contributed by atoms with Gasteiger partial charge in [-0.15, -0.1) is 0 Å². The van der Waals surface area contributed by atoms with E-state index in [2.05, 4.69) is 37.6 Å². The maximum absolute atomic E-state index is 11.5. The number of carboxylic acid groups (broad SMARTS) is 1. The number of hydrogen-bond donors (Lipinski definition) is 1. The van der Waals surface area contributed by atoms with Gasteiger partial charge in [-0.25, -0.2) is 9.78 Å². The fourth-order valence-corrected chi connectivity index (χ4v) is 2.46. The highest BCUT2D eigenvalue weighted by Crippen LogP contribution is 2.24. The van der Waals surface area contributed by atoms with Crippen LogP contribution in [0.4, 0.5) is 5.82 Å². The van der Waals surface area contributed by atoms with Crippen LogP contribution in [0, 0.1) is 12.8 Å². The second-order valence-corrected chi connectivity index (χ2v) is 5.65. The minimum atomic E-state index is -0.910. The van der Waals surface area contributed by atoms with Gasteiger partial charge in [-0.2, -0.15) is 0 Å². The third kappa shape index (κ3) is 3.95. The molecule has 1 aromatic rings. The monoisotopic (exact) mass is 278 g/mol. The number of nitrogens with zero attached hydrogens (tertiary/aromatic N) is 2. The molecule has 1 heterocycles. The molecule has 0 aliphatic rings. The van der Waals surface area contributed by atoms with Crippen molar-refractivity contribution in [3.63, 3.8) is 0 Å². The number of rotatable bonds is 7. The van der Waals surface area contributed by atoms with Gasteiger partial charge >= 0.3 is 5.97 Å². The lowest BCUT2D eigenvalue weighted by Gasteiger charge is -2.34. The molecule has 20 heavy (non-hydrogen) atoms. The first-order valence-electron chi connectivity index (χ1n) is 7.38. The molecule has 112 valence electrons.